The van der Waals surface area contributed by atoms with E-state index in [2.05, 4.69) is 0 Å². The molecule has 0 heterocycles. The van der Waals surface area contributed by atoms with Crippen LogP contribution in [-0.2, 0) is 11.3 Å². The molecule has 0 aliphatic rings. The molecule has 1 atom stereocenters. The van der Waals surface area contributed by atoms with Crippen molar-refractivity contribution in [3.63, 3.8) is 0 Å². The van der Waals surface area contributed by atoms with Crippen LogP contribution in [0.15, 0.2) is 48.5 Å². The lowest BCUT2D eigenvalue weighted by atomic mass is 10.2. The van der Waals surface area contributed by atoms with Gasteiger partial charge in [-0.25, -0.2) is 4.39 Å². The maximum absolute atomic E-state index is 13.6. The van der Waals surface area contributed by atoms with Crippen LogP contribution in [0.4, 0.5) is 4.39 Å². The van der Waals surface area contributed by atoms with E-state index in [-0.39, 0.29) is 23.5 Å². The number of hydrogen-bond donors (Lipinski definition) is 0. The third-order valence-corrected chi connectivity index (χ3v) is 5.10. The summed E-state index contributed by atoms with van der Waals surface area (Å²) in [5.74, 6) is 0.0125. The molecule has 0 fully saturated rings. The first-order valence-corrected chi connectivity index (χ1v) is 8.75. The van der Waals surface area contributed by atoms with Crippen LogP contribution in [0.1, 0.15) is 23.3 Å². The molecule has 0 aliphatic carbocycles. The Morgan fingerprint density at radius 3 is 2.57 bits per heavy atom. The number of thioether (sulfide) groups is 1. The number of amides is 1. The minimum atomic E-state index is -0.288. The Balaban J connectivity index is 1.89. The highest BCUT2D eigenvalue weighted by Gasteiger charge is 2.15. The van der Waals surface area contributed by atoms with Crippen molar-refractivity contribution in [3.05, 3.63) is 70.5 Å². The summed E-state index contributed by atoms with van der Waals surface area (Å²) in [5, 5.41) is 0.828. The maximum Gasteiger partial charge on any atom is 0.232 e. The molecule has 1 unspecified atom stereocenters. The SMILES string of the molecule is CC(SCC(=O)N(C)Cc1ccccc1F)c1ccccc1Cl. The van der Waals surface area contributed by atoms with E-state index < -0.39 is 0 Å². The van der Waals surface area contributed by atoms with Crippen LogP contribution in [-0.4, -0.2) is 23.6 Å². The topological polar surface area (TPSA) is 20.3 Å². The molecule has 0 aliphatic heterocycles. The average Bonchev–Trinajstić information content (AvgIpc) is 2.54. The maximum atomic E-state index is 13.6. The predicted molar refractivity (Wildman–Crippen MR) is 95.2 cm³/mol. The van der Waals surface area contributed by atoms with Gasteiger partial charge in [-0.1, -0.05) is 48.0 Å². The minimum absolute atomic E-state index is 0.0304. The van der Waals surface area contributed by atoms with Crippen molar-refractivity contribution in [1.82, 2.24) is 4.90 Å². The van der Waals surface area contributed by atoms with E-state index in [4.69, 9.17) is 11.6 Å². The fraction of sp³-hybridized carbons (Fsp3) is 0.278. The molecule has 2 nitrogen and oxygen atoms in total. The van der Waals surface area contributed by atoms with Gasteiger partial charge < -0.3 is 4.90 Å². The Labute approximate surface area is 145 Å². The number of carbonyl (C=O) groups is 1. The lowest BCUT2D eigenvalue weighted by Crippen LogP contribution is -2.28. The Kier molecular flexibility index (Phi) is 6.48. The van der Waals surface area contributed by atoms with Crippen molar-refractivity contribution in [3.8, 4) is 0 Å². The summed E-state index contributed by atoms with van der Waals surface area (Å²) in [4.78, 5) is 13.8. The molecule has 122 valence electrons. The van der Waals surface area contributed by atoms with Gasteiger partial charge in [-0.2, -0.15) is 0 Å². The third-order valence-electron chi connectivity index (χ3n) is 3.59. The van der Waals surface area contributed by atoms with E-state index in [1.165, 1.54) is 17.8 Å². The number of hydrogen-bond acceptors (Lipinski definition) is 2. The molecule has 2 rings (SSSR count). The lowest BCUT2D eigenvalue weighted by Gasteiger charge is -2.19. The van der Waals surface area contributed by atoms with Crippen molar-refractivity contribution >= 4 is 29.3 Å². The van der Waals surface area contributed by atoms with Gasteiger partial charge in [0.15, 0.2) is 0 Å². The highest BCUT2D eigenvalue weighted by Crippen LogP contribution is 2.32. The molecule has 0 aromatic heterocycles. The summed E-state index contributed by atoms with van der Waals surface area (Å²) in [5.41, 5.74) is 1.54. The van der Waals surface area contributed by atoms with Gasteiger partial charge in [0.1, 0.15) is 5.82 Å². The summed E-state index contributed by atoms with van der Waals surface area (Å²) in [6, 6.07) is 14.1. The Hall–Kier alpha value is -1.52. The van der Waals surface area contributed by atoms with Crippen molar-refractivity contribution in [2.24, 2.45) is 0 Å². The van der Waals surface area contributed by atoms with Gasteiger partial charge >= 0.3 is 0 Å². The number of halogens is 2. The Morgan fingerprint density at radius 2 is 1.87 bits per heavy atom. The zero-order valence-electron chi connectivity index (χ0n) is 13.1. The van der Waals surface area contributed by atoms with Gasteiger partial charge in [0, 0.05) is 29.4 Å². The third kappa shape index (κ3) is 4.98. The van der Waals surface area contributed by atoms with E-state index in [0.717, 1.165) is 5.56 Å². The van der Waals surface area contributed by atoms with E-state index >= 15 is 0 Å². The number of carbonyl (C=O) groups excluding carboxylic acids is 1. The average molecular weight is 352 g/mol. The van der Waals surface area contributed by atoms with Crippen LogP contribution >= 0.6 is 23.4 Å². The molecule has 5 heteroatoms. The monoisotopic (exact) mass is 351 g/mol. The van der Waals surface area contributed by atoms with E-state index in [9.17, 15) is 9.18 Å². The van der Waals surface area contributed by atoms with E-state index in [1.54, 1.807) is 30.1 Å². The molecule has 0 spiro atoms. The molecule has 0 saturated carbocycles. The van der Waals surface area contributed by atoms with Crippen LogP contribution in [0.2, 0.25) is 5.02 Å². The van der Waals surface area contributed by atoms with Crippen molar-refractivity contribution < 1.29 is 9.18 Å². The standard InChI is InChI=1S/C18H19ClFNOS/c1-13(15-8-4-5-9-16(15)19)23-12-18(22)21(2)11-14-7-3-6-10-17(14)20/h3-10,13H,11-12H2,1-2H3. The molecular formula is C18H19ClFNOS. The normalized spacial score (nSPS) is 12.0. The van der Waals surface area contributed by atoms with Crippen LogP contribution < -0.4 is 0 Å². The van der Waals surface area contributed by atoms with Gasteiger partial charge in [0.25, 0.3) is 0 Å². The second-order valence-electron chi connectivity index (χ2n) is 5.32. The van der Waals surface area contributed by atoms with Crippen LogP contribution in [0.3, 0.4) is 0 Å². The molecular weight excluding hydrogens is 333 g/mol. The summed E-state index contributed by atoms with van der Waals surface area (Å²) in [6.45, 7) is 2.29. The van der Waals surface area contributed by atoms with Gasteiger partial charge in [0.05, 0.1) is 5.75 Å². The van der Waals surface area contributed by atoms with E-state index in [1.807, 2.05) is 31.2 Å². The molecule has 0 bridgehead atoms. The molecule has 0 saturated heterocycles. The fourth-order valence-electron chi connectivity index (χ4n) is 2.17. The largest absolute Gasteiger partial charge is 0.341 e. The van der Waals surface area contributed by atoms with Crippen LogP contribution in [0.25, 0.3) is 0 Å². The summed E-state index contributed by atoms with van der Waals surface area (Å²) in [6.07, 6.45) is 0. The number of benzene rings is 2. The second kappa shape index (κ2) is 8.37. The van der Waals surface area contributed by atoms with Gasteiger partial charge in [-0.05, 0) is 24.6 Å². The summed E-state index contributed by atoms with van der Waals surface area (Å²) in [7, 11) is 1.69. The summed E-state index contributed by atoms with van der Waals surface area (Å²) < 4.78 is 13.6. The first-order valence-electron chi connectivity index (χ1n) is 7.32. The smallest absolute Gasteiger partial charge is 0.232 e. The first kappa shape index (κ1) is 17.8. The van der Waals surface area contributed by atoms with Crippen LogP contribution in [0.5, 0.6) is 0 Å². The Morgan fingerprint density at radius 1 is 1.22 bits per heavy atom. The second-order valence-corrected chi connectivity index (χ2v) is 7.05. The zero-order valence-corrected chi connectivity index (χ0v) is 14.7. The fourth-order valence-corrected chi connectivity index (χ4v) is 3.53. The molecule has 0 radical (unpaired) electrons. The van der Waals surface area contributed by atoms with Crippen LogP contribution in [0, 0.1) is 5.82 Å². The molecule has 2 aromatic carbocycles. The molecule has 0 N–H and O–H groups in total. The first-order chi connectivity index (χ1) is 11.0. The lowest BCUT2D eigenvalue weighted by molar-refractivity contribution is -0.127. The molecule has 2 aromatic rings. The van der Waals surface area contributed by atoms with Crippen molar-refractivity contribution in [2.75, 3.05) is 12.8 Å². The Bertz CT molecular complexity index is 680. The summed E-state index contributed by atoms with van der Waals surface area (Å²) >= 11 is 7.70. The minimum Gasteiger partial charge on any atom is -0.341 e. The highest BCUT2D eigenvalue weighted by atomic mass is 35.5. The predicted octanol–water partition coefficient (Wildman–Crippen LogP) is 4.93. The molecule has 23 heavy (non-hydrogen) atoms. The van der Waals surface area contributed by atoms with Crippen molar-refractivity contribution in [2.45, 2.75) is 18.7 Å². The zero-order chi connectivity index (χ0) is 16.8. The molecule has 1 amide bonds. The number of nitrogens with zero attached hydrogens (tertiary/aromatic N) is 1. The van der Waals surface area contributed by atoms with Gasteiger partial charge in [-0.3, -0.25) is 4.79 Å². The highest BCUT2D eigenvalue weighted by molar-refractivity contribution is 8.00. The van der Waals surface area contributed by atoms with Gasteiger partial charge in [0.2, 0.25) is 5.91 Å². The quantitative estimate of drug-likeness (QED) is 0.735. The van der Waals surface area contributed by atoms with Crippen molar-refractivity contribution in [1.29, 1.82) is 0 Å². The number of rotatable bonds is 6. The van der Waals surface area contributed by atoms with E-state index in [0.29, 0.717) is 16.3 Å². The van der Waals surface area contributed by atoms with Gasteiger partial charge in [-0.15, -0.1) is 11.8 Å².